The first-order valence-corrected chi connectivity index (χ1v) is 10.7. The van der Waals surface area contributed by atoms with E-state index in [0.717, 1.165) is 31.5 Å². The first kappa shape index (κ1) is 21.3. The van der Waals surface area contributed by atoms with Crippen LogP contribution in [-0.4, -0.2) is 73.3 Å². The molecule has 1 saturated heterocycles. The van der Waals surface area contributed by atoms with Crippen molar-refractivity contribution < 1.29 is 14.4 Å². The number of hydrogen-bond acceptors (Lipinski definition) is 4. The summed E-state index contributed by atoms with van der Waals surface area (Å²) in [7, 11) is 0. The highest BCUT2D eigenvalue weighted by atomic mass is 16.2. The molecule has 2 heterocycles. The summed E-state index contributed by atoms with van der Waals surface area (Å²) in [6, 6.07) is 8.12. The van der Waals surface area contributed by atoms with E-state index >= 15 is 0 Å². The average Bonchev–Trinajstić information content (AvgIpc) is 2.76. The highest BCUT2D eigenvalue weighted by Gasteiger charge is 2.27. The number of nitrogens with zero attached hydrogens (tertiary/aromatic N) is 3. The topological polar surface area (TPSA) is 73.0 Å². The van der Waals surface area contributed by atoms with Crippen LogP contribution < -0.4 is 10.2 Å². The number of fused-ring (bicyclic) bond motifs is 1. The summed E-state index contributed by atoms with van der Waals surface area (Å²) < 4.78 is 0. The zero-order chi connectivity index (χ0) is 20.8. The summed E-state index contributed by atoms with van der Waals surface area (Å²) in [5.41, 5.74) is 2.27. The molecule has 1 N–H and O–H groups in total. The molecule has 29 heavy (non-hydrogen) atoms. The minimum absolute atomic E-state index is 0.0483. The van der Waals surface area contributed by atoms with E-state index in [1.807, 2.05) is 36.9 Å². The number of para-hydroxylation sites is 1. The minimum atomic E-state index is -0.0782. The quantitative estimate of drug-likeness (QED) is 0.781. The first-order chi connectivity index (χ1) is 14.0. The summed E-state index contributed by atoms with van der Waals surface area (Å²) in [5.74, 6) is -0.0900. The molecule has 1 atom stereocenters. The molecule has 3 rings (SSSR count). The van der Waals surface area contributed by atoms with Crippen molar-refractivity contribution >= 4 is 23.4 Å². The first-order valence-electron chi connectivity index (χ1n) is 10.7. The molecule has 0 radical (unpaired) electrons. The molecule has 2 aliphatic heterocycles. The Kier molecular flexibility index (Phi) is 7.25. The fraction of sp³-hybridized carbons (Fsp3) is 0.591. The van der Waals surface area contributed by atoms with Crippen molar-refractivity contribution in [3.63, 3.8) is 0 Å². The Hall–Kier alpha value is -2.41. The predicted octanol–water partition coefficient (Wildman–Crippen LogP) is 1.27. The van der Waals surface area contributed by atoms with Gasteiger partial charge in [0.2, 0.25) is 17.7 Å². The van der Waals surface area contributed by atoms with Crippen LogP contribution in [0.15, 0.2) is 24.3 Å². The third-order valence-electron chi connectivity index (χ3n) is 5.97. The Morgan fingerprint density at radius 2 is 1.76 bits per heavy atom. The fourth-order valence-electron chi connectivity index (χ4n) is 3.86. The lowest BCUT2D eigenvalue weighted by molar-refractivity contribution is -0.135. The lowest BCUT2D eigenvalue weighted by Gasteiger charge is -2.36. The van der Waals surface area contributed by atoms with Crippen molar-refractivity contribution in [2.75, 3.05) is 50.7 Å². The number of amides is 3. The molecule has 3 amide bonds. The molecule has 0 aromatic heterocycles. The molecular formula is C22H32N4O3. The average molecular weight is 401 g/mol. The molecule has 0 spiro atoms. The van der Waals surface area contributed by atoms with Crippen LogP contribution in [0.5, 0.6) is 0 Å². The second kappa shape index (κ2) is 9.87. The van der Waals surface area contributed by atoms with Gasteiger partial charge in [-0.05, 0) is 30.9 Å². The zero-order valence-corrected chi connectivity index (χ0v) is 17.5. The summed E-state index contributed by atoms with van der Waals surface area (Å²) in [5, 5.41) is 2.72. The van der Waals surface area contributed by atoms with Crippen LogP contribution in [0.4, 0.5) is 5.69 Å². The van der Waals surface area contributed by atoms with Crippen LogP contribution in [0.3, 0.4) is 0 Å². The SMILES string of the molecule is CCC(C)C(=O)NCC(=O)N1CCN(CC(=O)N2CCCc3ccccc32)CC1. The maximum absolute atomic E-state index is 12.9. The van der Waals surface area contributed by atoms with Gasteiger partial charge in [0, 0.05) is 44.3 Å². The Morgan fingerprint density at radius 3 is 2.48 bits per heavy atom. The smallest absolute Gasteiger partial charge is 0.242 e. The molecule has 158 valence electrons. The summed E-state index contributed by atoms with van der Waals surface area (Å²) >= 11 is 0. The molecule has 0 saturated carbocycles. The van der Waals surface area contributed by atoms with Crippen LogP contribution in [0.25, 0.3) is 0 Å². The van der Waals surface area contributed by atoms with Gasteiger partial charge in [0.25, 0.3) is 0 Å². The number of rotatable bonds is 6. The van der Waals surface area contributed by atoms with Gasteiger partial charge in [0.15, 0.2) is 0 Å². The van der Waals surface area contributed by atoms with Crippen LogP contribution in [0.2, 0.25) is 0 Å². The van der Waals surface area contributed by atoms with Gasteiger partial charge in [-0.2, -0.15) is 0 Å². The normalized spacial score (nSPS) is 18.1. The molecule has 0 bridgehead atoms. The summed E-state index contributed by atoms with van der Waals surface area (Å²) in [4.78, 5) is 42.8. The Morgan fingerprint density at radius 1 is 1.03 bits per heavy atom. The minimum Gasteiger partial charge on any atom is -0.347 e. The van der Waals surface area contributed by atoms with Crippen LogP contribution in [-0.2, 0) is 20.8 Å². The third-order valence-corrected chi connectivity index (χ3v) is 5.97. The van der Waals surface area contributed by atoms with Crippen molar-refractivity contribution in [2.24, 2.45) is 5.92 Å². The molecule has 1 fully saturated rings. The van der Waals surface area contributed by atoms with E-state index in [4.69, 9.17) is 0 Å². The van der Waals surface area contributed by atoms with Gasteiger partial charge in [-0.15, -0.1) is 0 Å². The van der Waals surface area contributed by atoms with Gasteiger partial charge >= 0.3 is 0 Å². The number of hydrogen-bond donors (Lipinski definition) is 1. The molecule has 7 heteroatoms. The maximum Gasteiger partial charge on any atom is 0.242 e. The Bertz CT molecular complexity index is 743. The van der Waals surface area contributed by atoms with E-state index < -0.39 is 0 Å². The van der Waals surface area contributed by atoms with Crippen molar-refractivity contribution in [3.05, 3.63) is 29.8 Å². The van der Waals surface area contributed by atoms with Gasteiger partial charge in [-0.1, -0.05) is 32.0 Å². The third kappa shape index (κ3) is 5.35. The van der Waals surface area contributed by atoms with Crippen molar-refractivity contribution in [3.8, 4) is 0 Å². The number of aryl methyl sites for hydroxylation is 1. The number of piperazine rings is 1. The number of nitrogens with one attached hydrogen (secondary N) is 1. The van der Waals surface area contributed by atoms with E-state index in [9.17, 15) is 14.4 Å². The van der Waals surface area contributed by atoms with Gasteiger partial charge in [0.05, 0.1) is 13.1 Å². The molecule has 1 unspecified atom stereocenters. The Labute approximate surface area is 173 Å². The van der Waals surface area contributed by atoms with Crippen LogP contribution >= 0.6 is 0 Å². The van der Waals surface area contributed by atoms with Crippen molar-refractivity contribution in [1.29, 1.82) is 0 Å². The molecular weight excluding hydrogens is 368 g/mol. The van der Waals surface area contributed by atoms with Crippen molar-refractivity contribution in [2.45, 2.75) is 33.1 Å². The molecule has 1 aromatic carbocycles. The number of carbonyl (C=O) groups excluding carboxylic acids is 3. The largest absolute Gasteiger partial charge is 0.347 e. The lowest BCUT2D eigenvalue weighted by Crippen LogP contribution is -2.53. The van der Waals surface area contributed by atoms with E-state index in [0.29, 0.717) is 32.7 Å². The number of benzene rings is 1. The monoisotopic (exact) mass is 400 g/mol. The number of carbonyl (C=O) groups is 3. The van der Waals surface area contributed by atoms with E-state index in [1.54, 1.807) is 4.90 Å². The predicted molar refractivity (Wildman–Crippen MR) is 113 cm³/mol. The molecule has 1 aromatic rings. The van der Waals surface area contributed by atoms with Gasteiger partial charge < -0.3 is 15.1 Å². The van der Waals surface area contributed by atoms with Gasteiger partial charge in [0.1, 0.15) is 0 Å². The van der Waals surface area contributed by atoms with Gasteiger partial charge in [-0.25, -0.2) is 0 Å². The summed E-state index contributed by atoms with van der Waals surface area (Å²) in [6.45, 7) is 7.52. The number of anilines is 1. The van der Waals surface area contributed by atoms with Crippen molar-refractivity contribution in [1.82, 2.24) is 15.1 Å². The highest BCUT2D eigenvalue weighted by molar-refractivity contribution is 5.96. The lowest BCUT2D eigenvalue weighted by atomic mass is 10.0. The Balaban J connectivity index is 1.45. The molecule has 7 nitrogen and oxygen atoms in total. The van der Waals surface area contributed by atoms with E-state index in [2.05, 4.69) is 16.3 Å². The molecule has 2 aliphatic rings. The maximum atomic E-state index is 12.9. The highest BCUT2D eigenvalue weighted by Crippen LogP contribution is 2.26. The van der Waals surface area contributed by atoms with Gasteiger partial charge in [-0.3, -0.25) is 19.3 Å². The second-order valence-electron chi connectivity index (χ2n) is 7.96. The van der Waals surface area contributed by atoms with E-state index in [-0.39, 0.29) is 30.2 Å². The summed E-state index contributed by atoms with van der Waals surface area (Å²) in [6.07, 6.45) is 2.77. The standard InChI is InChI=1S/C22H32N4O3/c1-3-17(2)22(29)23-15-20(27)25-13-11-24(12-14-25)16-21(28)26-10-6-8-18-7-4-5-9-19(18)26/h4-5,7,9,17H,3,6,8,10-16H2,1-2H3,(H,23,29). The fourth-order valence-corrected chi connectivity index (χ4v) is 3.86. The second-order valence-corrected chi connectivity index (χ2v) is 7.96. The van der Waals surface area contributed by atoms with E-state index in [1.165, 1.54) is 5.56 Å². The van der Waals surface area contributed by atoms with Crippen LogP contribution in [0, 0.1) is 5.92 Å². The zero-order valence-electron chi connectivity index (χ0n) is 17.5. The van der Waals surface area contributed by atoms with Crippen LogP contribution in [0.1, 0.15) is 32.3 Å². The molecule has 0 aliphatic carbocycles.